The summed E-state index contributed by atoms with van der Waals surface area (Å²) in [7, 11) is 0. The lowest BCUT2D eigenvalue weighted by Crippen LogP contribution is -2.56. The average Bonchev–Trinajstić information content (AvgIpc) is 3.19. The summed E-state index contributed by atoms with van der Waals surface area (Å²) in [5, 5.41) is 11.2. The molecule has 1 saturated heterocycles. The number of H-pyrrole nitrogens is 1. The van der Waals surface area contributed by atoms with Gasteiger partial charge in [0, 0.05) is 19.0 Å². The molecule has 1 aliphatic carbocycles. The zero-order valence-corrected chi connectivity index (χ0v) is 19.4. The Morgan fingerprint density at radius 1 is 1.31 bits per heavy atom. The number of ketones is 1. The van der Waals surface area contributed by atoms with Crippen LogP contribution in [0.15, 0.2) is 30.5 Å². The molecule has 32 heavy (non-hydrogen) atoms. The number of para-hydroxylation sites is 2. The topological polar surface area (TPSA) is 78.5 Å². The van der Waals surface area contributed by atoms with Gasteiger partial charge < -0.3 is 19.7 Å². The van der Waals surface area contributed by atoms with Crippen LogP contribution in [0.25, 0.3) is 16.6 Å². The number of allylic oxidation sites excluding steroid dienone is 1. The zero-order chi connectivity index (χ0) is 22.5. The van der Waals surface area contributed by atoms with Crippen LogP contribution >= 0.6 is 0 Å². The highest BCUT2D eigenvalue weighted by Gasteiger charge is 2.50. The maximum absolute atomic E-state index is 13.6. The summed E-state index contributed by atoms with van der Waals surface area (Å²) in [6.45, 7) is 9.60. The average molecular weight is 438 g/mol. The first kappa shape index (κ1) is 21.7. The molecule has 2 N–H and O–H groups in total. The lowest BCUT2D eigenvalue weighted by atomic mass is 9.67. The molecule has 1 aromatic carbocycles. The number of ether oxygens (including phenoxy) is 1. The molecule has 1 saturated carbocycles. The molecule has 2 fully saturated rings. The monoisotopic (exact) mass is 437 g/mol. The van der Waals surface area contributed by atoms with Crippen molar-refractivity contribution in [1.29, 1.82) is 0 Å². The quantitative estimate of drug-likeness (QED) is 0.755. The Hall–Kier alpha value is -2.18. The summed E-state index contributed by atoms with van der Waals surface area (Å²) in [6, 6.07) is 7.79. The number of aromatic nitrogens is 2. The van der Waals surface area contributed by atoms with Gasteiger partial charge in [-0.05, 0) is 49.3 Å². The van der Waals surface area contributed by atoms with E-state index in [9.17, 15) is 9.90 Å². The van der Waals surface area contributed by atoms with Crippen LogP contribution in [-0.4, -0.2) is 57.6 Å². The number of rotatable bonds is 4. The first-order valence-corrected chi connectivity index (χ1v) is 12.1. The Morgan fingerprint density at radius 3 is 2.88 bits per heavy atom. The second-order valence-electron chi connectivity index (χ2n) is 10.8. The molecule has 5 atom stereocenters. The number of carbonyl (C=O) groups excluding carboxylic acids is 1. The third kappa shape index (κ3) is 3.88. The number of imidazole rings is 1. The Bertz CT molecular complexity index is 993. The van der Waals surface area contributed by atoms with E-state index in [0.29, 0.717) is 23.2 Å². The number of carbonyl (C=O) groups is 1. The molecule has 1 aromatic heterocycles. The number of nitrogens with zero attached hydrogens (tertiary/aromatic N) is 2. The lowest BCUT2D eigenvalue weighted by molar-refractivity contribution is -0.141. The second-order valence-corrected chi connectivity index (χ2v) is 10.8. The Morgan fingerprint density at radius 2 is 2.12 bits per heavy atom. The number of benzene rings is 1. The van der Waals surface area contributed by atoms with E-state index in [1.54, 1.807) is 6.26 Å². The van der Waals surface area contributed by atoms with Crippen molar-refractivity contribution in [3.8, 4) is 0 Å². The van der Waals surface area contributed by atoms with Crippen LogP contribution in [-0.2, 0) is 9.53 Å². The van der Waals surface area contributed by atoms with Crippen LogP contribution < -0.4 is 0 Å². The third-order valence-corrected chi connectivity index (χ3v) is 7.86. The molecule has 172 valence electrons. The van der Waals surface area contributed by atoms with Crippen LogP contribution in [0.1, 0.15) is 52.3 Å². The number of hydrogen-bond acceptors (Lipinski definition) is 5. The SMILES string of the molecule is CCC1CC2C(=O)C(c3nc4ccccc4[nH]3)=COC2C(CN2CCCC(C)(C)C2)C1O. The number of fused-ring (bicyclic) bond motifs is 2. The van der Waals surface area contributed by atoms with Gasteiger partial charge in [0.25, 0.3) is 0 Å². The number of hydrogen-bond donors (Lipinski definition) is 2. The van der Waals surface area contributed by atoms with Crippen molar-refractivity contribution in [1.82, 2.24) is 14.9 Å². The van der Waals surface area contributed by atoms with E-state index in [1.165, 1.54) is 12.8 Å². The predicted octanol–water partition coefficient (Wildman–Crippen LogP) is 4.02. The molecular formula is C26H35N3O3. The Kier molecular flexibility index (Phi) is 5.62. The summed E-state index contributed by atoms with van der Waals surface area (Å²) in [6.07, 6.45) is 4.81. The fourth-order valence-corrected chi connectivity index (χ4v) is 6.17. The van der Waals surface area contributed by atoms with E-state index in [2.05, 4.69) is 35.6 Å². The number of piperidine rings is 1. The predicted molar refractivity (Wildman–Crippen MR) is 125 cm³/mol. The van der Waals surface area contributed by atoms with Gasteiger partial charge in [-0.3, -0.25) is 4.79 Å². The van der Waals surface area contributed by atoms with E-state index in [1.807, 2.05) is 24.3 Å². The minimum atomic E-state index is -0.444. The molecule has 0 amide bonds. The highest BCUT2D eigenvalue weighted by atomic mass is 16.5. The zero-order valence-electron chi connectivity index (χ0n) is 19.4. The van der Waals surface area contributed by atoms with Crippen molar-refractivity contribution >= 4 is 22.4 Å². The van der Waals surface area contributed by atoms with Crippen molar-refractivity contribution in [3.05, 3.63) is 36.4 Å². The molecule has 5 unspecified atom stereocenters. The van der Waals surface area contributed by atoms with Gasteiger partial charge >= 0.3 is 0 Å². The van der Waals surface area contributed by atoms with Gasteiger partial charge in [-0.2, -0.15) is 0 Å². The normalized spacial score (nSPS) is 32.9. The van der Waals surface area contributed by atoms with Gasteiger partial charge in [0.15, 0.2) is 5.78 Å². The van der Waals surface area contributed by atoms with E-state index < -0.39 is 6.10 Å². The molecule has 0 spiro atoms. The van der Waals surface area contributed by atoms with E-state index >= 15 is 0 Å². The molecule has 3 aliphatic rings. The second kappa shape index (κ2) is 8.31. The van der Waals surface area contributed by atoms with Crippen LogP contribution in [0.3, 0.4) is 0 Å². The number of nitrogens with one attached hydrogen (secondary N) is 1. The van der Waals surface area contributed by atoms with Crippen molar-refractivity contribution in [2.75, 3.05) is 19.6 Å². The molecular weight excluding hydrogens is 402 g/mol. The van der Waals surface area contributed by atoms with E-state index in [0.717, 1.165) is 37.1 Å². The smallest absolute Gasteiger partial charge is 0.176 e. The minimum absolute atomic E-state index is 0.0648. The van der Waals surface area contributed by atoms with E-state index in [-0.39, 0.29) is 29.6 Å². The molecule has 0 bridgehead atoms. The molecule has 5 rings (SSSR count). The Labute approximate surface area is 190 Å². The first-order valence-electron chi connectivity index (χ1n) is 12.1. The number of aliphatic hydroxyl groups excluding tert-OH is 1. The lowest BCUT2D eigenvalue weighted by Gasteiger charge is -2.48. The van der Waals surface area contributed by atoms with Gasteiger partial charge in [0.1, 0.15) is 11.9 Å². The van der Waals surface area contributed by atoms with Gasteiger partial charge in [-0.15, -0.1) is 0 Å². The molecule has 6 nitrogen and oxygen atoms in total. The van der Waals surface area contributed by atoms with Crippen molar-refractivity contribution in [2.45, 2.75) is 58.7 Å². The van der Waals surface area contributed by atoms with Crippen molar-refractivity contribution in [3.63, 3.8) is 0 Å². The highest BCUT2D eigenvalue weighted by molar-refractivity contribution is 6.21. The number of Topliss-reactive ketones (excluding diaryl/α,β-unsaturated/α-hetero) is 1. The molecule has 0 radical (unpaired) electrons. The highest BCUT2D eigenvalue weighted by Crippen LogP contribution is 2.43. The summed E-state index contributed by atoms with van der Waals surface area (Å²) in [5.41, 5.74) is 2.56. The molecule has 6 heteroatoms. The molecule has 2 aliphatic heterocycles. The standard InChI is InChI=1S/C26H35N3O3/c1-4-16-12-17-23(31)19(25-27-20-8-5-6-9-21(20)28-25)14-32-24(17)18(22(16)30)13-29-11-7-10-26(2,3)15-29/h5-6,8-9,14,16-18,22,24,30H,4,7,10-13,15H2,1-3H3,(H,27,28). The third-order valence-electron chi connectivity index (χ3n) is 7.86. The van der Waals surface area contributed by atoms with Crippen molar-refractivity contribution < 1.29 is 14.6 Å². The minimum Gasteiger partial charge on any atom is -0.496 e. The Balaban J connectivity index is 1.42. The van der Waals surface area contributed by atoms with Gasteiger partial charge in [0.05, 0.1) is 34.9 Å². The maximum Gasteiger partial charge on any atom is 0.176 e. The van der Waals surface area contributed by atoms with Crippen LogP contribution in [0.5, 0.6) is 0 Å². The number of aromatic amines is 1. The van der Waals surface area contributed by atoms with Crippen molar-refractivity contribution in [2.24, 2.45) is 23.2 Å². The summed E-state index contributed by atoms with van der Waals surface area (Å²) in [4.78, 5) is 24.0. The van der Waals surface area contributed by atoms with E-state index in [4.69, 9.17) is 4.74 Å². The van der Waals surface area contributed by atoms with Gasteiger partial charge in [-0.1, -0.05) is 39.3 Å². The molecule has 2 aromatic rings. The first-order chi connectivity index (χ1) is 15.4. The van der Waals surface area contributed by atoms with Crippen LogP contribution in [0, 0.1) is 23.2 Å². The van der Waals surface area contributed by atoms with Crippen LogP contribution in [0.2, 0.25) is 0 Å². The van der Waals surface area contributed by atoms with Gasteiger partial charge in [0.2, 0.25) is 0 Å². The number of aliphatic hydroxyl groups is 1. The van der Waals surface area contributed by atoms with Gasteiger partial charge in [-0.25, -0.2) is 4.98 Å². The largest absolute Gasteiger partial charge is 0.496 e. The maximum atomic E-state index is 13.6. The molecule has 3 heterocycles. The fourth-order valence-electron chi connectivity index (χ4n) is 6.17. The summed E-state index contributed by atoms with van der Waals surface area (Å²) >= 11 is 0. The number of likely N-dealkylation sites (tertiary alicyclic amines) is 1. The summed E-state index contributed by atoms with van der Waals surface area (Å²) in [5.74, 6) is 0.476. The summed E-state index contributed by atoms with van der Waals surface area (Å²) < 4.78 is 6.26. The fraction of sp³-hybridized carbons (Fsp3) is 0.615. The van der Waals surface area contributed by atoms with Crippen LogP contribution in [0.4, 0.5) is 0 Å².